The van der Waals surface area contributed by atoms with E-state index >= 15 is 0 Å². The smallest absolute Gasteiger partial charge is 0.00391 e. The monoisotopic (exact) mass is 172 g/mol. The van der Waals surface area contributed by atoms with Gasteiger partial charge in [-0.15, -0.1) is 0 Å². The SMILES string of the molecule is CC(C)CCSCC1CCC1. The molecule has 0 heterocycles. The summed E-state index contributed by atoms with van der Waals surface area (Å²) in [6.45, 7) is 4.62. The van der Waals surface area contributed by atoms with E-state index in [2.05, 4.69) is 25.6 Å². The third kappa shape index (κ3) is 4.05. The van der Waals surface area contributed by atoms with Crippen LogP contribution in [0.1, 0.15) is 39.5 Å². The molecule has 0 aromatic heterocycles. The maximum atomic E-state index is 2.31. The normalized spacial score (nSPS) is 18.8. The highest BCUT2D eigenvalue weighted by atomic mass is 32.2. The van der Waals surface area contributed by atoms with Gasteiger partial charge in [-0.1, -0.05) is 20.3 Å². The molecule has 0 nitrogen and oxygen atoms in total. The minimum atomic E-state index is 0.892. The van der Waals surface area contributed by atoms with Gasteiger partial charge in [0.15, 0.2) is 0 Å². The maximum Gasteiger partial charge on any atom is -0.00391 e. The second-order valence-corrected chi connectivity index (χ2v) is 5.20. The maximum absolute atomic E-state index is 2.31. The minimum Gasteiger partial charge on any atom is -0.162 e. The van der Waals surface area contributed by atoms with Crippen molar-refractivity contribution in [2.75, 3.05) is 11.5 Å². The average Bonchev–Trinajstić information content (AvgIpc) is 1.82. The molecule has 1 aliphatic carbocycles. The van der Waals surface area contributed by atoms with Crippen molar-refractivity contribution in [2.24, 2.45) is 11.8 Å². The second-order valence-electron chi connectivity index (χ2n) is 4.05. The standard InChI is InChI=1S/C10H20S/c1-9(2)6-7-11-8-10-4-3-5-10/h9-10H,3-8H2,1-2H3. The van der Waals surface area contributed by atoms with E-state index in [-0.39, 0.29) is 0 Å². The van der Waals surface area contributed by atoms with E-state index in [1.807, 2.05) is 0 Å². The summed E-state index contributed by atoms with van der Waals surface area (Å²) in [5, 5.41) is 0. The molecule has 0 amide bonds. The van der Waals surface area contributed by atoms with Gasteiger partial charge >= 0.3 is 0 Å². The third-order valence-electron chi connectivity index (χ3n) is 2.42. The Kier molecular flexibility index (Phi) is 4.36. The highest BCUT2D eigenvalue weighted by molar-refractivity contribution is 7.99. The van der Waals surface area contributed by atoms with Crippen LogP contribution >= 0.6 is 11.8 Å². The first-order valence-corrected chi connectivity index (χ1v) is 6.02. The van der Waals surface area contributed by atoms with Gasteiger partial charge in [0.1, 0.15) is 0 Å². The Bertz CT molecular complexity index is 95.0. The fourth-order valence-electron chi connectivity index (χ4n) is 1.23. The molecule has 0 saturated heterocycles. The summed E-state index contributed by atoms with van der Waals surface area (Å²) in [4.78, 5) is 0. The molecular formula is C10H20S. The van der Waals surface area contributed by atoms with E-state index in [0.717, 1.165) is 11.8 Å². The molecule has 1 saturated carbocycles. The molecule has 66 valence electrons. The van der Waals surface area contributed by atoms with Crippen molar-refractivity contribution < 1.29 is 0 Å². The van der Waals surface area contributed by atoms with E-state index in [4.69, 9.17) is 0 Å². The average molecular weight is 172 g/mol. The number of hydrogen-bond acceptors (Lipinski definition) is 1. The highest BCUT2D eigenvalue weighted by Gasteiger charge is 2.16. The van der Waals surface area contributed by atoms with Crippen LogP contribution in [0, 0.1) is 11.8 Å². The van der Waals surface area contributed by atoms with Gasteiger partial charge in [-0.2, -0.15) is 11.8 Å². The lowest BCUT2D eigenvalue weighted by Gasteiger charge is -2.24. The number of rotatable bonds is 5. The van der Waals surface area contributed by atoms with Crippen LogP contribution in [0.4, 0.5) is 0 Å². The molecular weight excluding hydrogens is 152 g/mol. The highest BCUT2D eigenvalue weighted by Crippen LogP contribution is 2.29. The second kappa shape index (κ2) is 5.08. The molecule has 0 aliphatic heterocycles. The van der Waals surface area contributed by atoms with Crippen molar-refractivity contribution >= 4 is 11.8 Å². The van der Waals surface area contributed by atoms with Gasteiger partial charge in [0, 0.05) is 0 Å². The Morgan fingerprint density at radius 3 is 2.55 bits per heavy atom. The molecule has 1 rings (SSSR count). The Morgan fingerprint density at radius 1 is 1.36 bits per heavy atom. The van der Waals surface area contributed by atoms with E-state index in [0.29, 0.717) is 0 Å². The van der Waals surface area contributed by atoms with Crippen molar-refractivity contribution in [3.05, 3.63) is 0 Å². The molecule has 0 bridgehead atoms. The zero-order chi connectivity index (χ0) is 8.10. The molecule has 0 N–H and O–H groups in total. The summed E-state index contributed by atoms with van der Waals surface area (Å²) in [6.07, 6.45) is 5.91. The van der Waals surface area contributed by atoms with Crippen LogP contribution in [0.15, 0.2) is 0 Å². The van der Waals surface area contributed by atoms with Gasteiger partial charge in [0.2, 0.25) is 0 Å². The Balaban J connectivity index is 1.80. The summed E-state index contributed by atoms with van der Waals surface area (Å²) >= 11 is 2.17. The molecule has 0 radical (unpaired) electrons. The van der Waals surface area contributed by atoms with Crippen LogP contribution in [0.25, 0.3) is 0 Å². The van der Waals surface area contributed by atoms with Crippen LogP contribution in [0.2, 0.25) is 0 Å². The van der Waals surface area contributed by atoms with Gasteiger partial charge in [-0.3, -0.25) is 0 Å². The number of hydrogen-bond donors (Lipinski definition) is 0. The Morgan fingerprint density at radius 2 is 2.09 bits per heavy atom. The molecule has 0 atom stereocenters. The zero-order valence-electron chi connectivity index (χ0n) is 7.81. The molecule has 1 heteroatoms. The Labute approximate surface area is 75.1 Å². The van der Waals surface area contributed by atoms with E-state index in [1.54, 1.807) is 0 Å². The van der Waals surface area contributed by atoms with Crippen molar-refractivity contribution in [3.63, 3.8) is 0 Å². The van der Waals surface area contributed by atoms with Crippen molar-refractivity contribution in [1.82, 2.24) is 0 Å². The predicted octanol–water partition coefficient (Wildman–Crippen LogP) is 3.57. The fraction of sp³-hybridized carbons (Fsp3) is 1.00. The summed E-state index contributed by atoms with van der Waals surface area (Å²) in [7, 11) is 0. The van der Waals surface area contributed by atoms with E-state index < -0.39 is 0 Å². The van der Waals surface area contributed by atoms with Gasteiger partial charge in [-0.25, -0.2) is 0 Å². The van der Waals surface area contributed by atoms with E-state index in [1.165, 1.54) is 37.2 Å². The Hall–Kier alpha value is 0.350. The van der Waals surface area contributed by atoms with Crippen LogP contribution in [-0.2, 0) is 0 Å². The van der Waals surface area contributed by atoms with Gasteiger partial charge in [0.25, 0.3) is 0 Å². The first-order chi connectivity index (χ1) is 5.29. The lowest BCUT2D eigenvalue weighted by Crippen LogP contribution is -2.13. The van der Waals surface area contributed by atoms with Crippen LogP contribution in [0.5, 0.6) is 0 Å². The van der Waals surface area contributed by atoms with Crippen LogP contribution in [-0.4, -0.2) is 11.5 Å². The van der Waals surface area contributed by atoms with Crippen LogP contribution < -0.4 is 0 Å². The molecule has 0 unspecified atom stereocenters. The van der Waals surface area contributed by atoms with Gasteiger partial charge in [-0.05, 0) is 42.6 Å². The van der Waals surface area contributed by atoms with Gasteiger partial charge < -0.3 is 0 Å². The summed E-state index contributed by atoms with van der Waals surface area (Å²) in [5.41, 5.74) is 0. The molecule has 1 aliphatic rings. The zero-order valence-corrected chi connectivity index (χ0v) is 8.62. The minimum absolute atomic E-state index is 0.892. The largest absolute Gasteiger partial charge is 0.162 e. The van der Waals surface area contributed by atoms with Gasteiger partial charge in [0.05, 0.1) is 0 Å². The summed E-state index contributed by atoms with van der Waals surface area (Å²) < 4.78 is 0. The first-order valence-electron chi connectivity index (χ1n) is 4.87. The fourth-order valence-corrected chi connectivity index (χ4v) is 2.70. The summed E-state index contributed by atoms with van der Waals surface area (Å²) in [6, 6.07) is 0. The van der Waals surface area contributed by atoms with E-state index in [9.17, 15) is 0 Å². The molecule has 0 spiro atoms. The quantitative estimate of drug-likeness (QED) is 0.571. The molecule has 0 aromatic carbocycles. The van der Waals surface area contributed by atoms with Crippen molar-refractivity contribution in [1.29, 1.82) is 0 Å². The predicted molar refractivity (Wildman–Crippen MR) is 54.1 cm³/mol. The molecule has 11 heavy (non-hydrogen) atoms. The number of thioether (sulfide) groups is 1. The van der Waals surface area contributed by atoms with Crippen molar-refractivity contribution in [3.8, 4) is 0 Å². The van der Waals surface area contributed by atoms with Crippen molar-refractivity contribution in [2.45, 2.75) is 39.5 Å². The lowest BCUT2D eigenvalue weighted by molar-refractivity contribution is 0.353. The lowest BCUT2D eigenvalue weighted by atomic mass is 9.87. The summed E-state index contributed by atoms with van der Waals surface area (Å²) in [5.74, 6) is 4.80. The van der Waals surface area contributed by atoms with Crippen LogP contribution in [0.3, 0.4) is 0 Å². The molecule has 1 fully saturated rings. The third-order valence-corrected chi connectivity index (χ3v) is 3.65. The first kappa shape index (κ1) is 9.44. The molecule has 0 aromatic rings. The topological polar surface area (TPSA) is 0 Å².